The van der Waals surface area contributed by atoms with Crippen LogP contribution in [0.25, 0.3) is 11.5 Å². The quantitative estimate of drug-likeness (QED) is 0.539. The number of benzene rings is 1. The van der Waals surface area contributed by atoms with Crippen molar-refractivity contribution in [1.29, 1.82) is 0 Å². The lowest BCUT2D eigenvalue weighted by Crippen LogP contribution is -2.42. The van der Waals surface area contributed by atoms with E-state index in [0.717, 1.165) is 29.9 Å². The van der Waals surface area contributed by atoms with Gasteiger partial charge >= 0.3 is 0 Å². The maximum absolute atomic E-state index is 13.1. The lowest BCUT2D eigenvalue weighted by atomic mass is 9.93. The summed E-state index contributed by atoms with van der Waals surface area (Å²) < 4.78 is 11.0. The van der Waals surface area contributed by atoms with E-state index in [2.05, 4.69) is 10.2 Å². The van der Waals surface area contributed by atoms with Crippen LogP contribution in [0.2, 0.25) is 0 Å². The minimum atomic E-state index is 0.0716. The smallest absolute Gasteiger partial charge is 0.277 e. The molecule has 0 bridgehead atoms. The van der Waals surface area contributed by atoms with Crippen LogP contribution in [-0.2, 0) is 4.79 Å². The zero-order chi connectivity index (χ0) is 19.3. The molecule has 0 N–H and O–H groups in total. The van der Waals surface area contributed by atoms with Crippen molar-refractivity contribution in [2.24, 2.45) is 0 Å². The molecular weight excluding hydrogens is 374 g/mol. The highest BCUT2D eigenvalue weighted by molar-refractivity contribution is 7.99. The van der Waals surface area contributed by atoms with Crippen LogP contribution in [0, 0.1) is 6.92 Å². The predicted molar refractivity (Wildman–Crippen MR) is 108 cm³/mol. The first kappa shape index (κ1) is 18.8. The Hall–Kier alpha value is -2.54. The van der Waals surface area contributed by atoms with Gasteiger partial charge in [-0.1, -0.05) is 49.2 Å². The van der Waals surface area contributed by atoms with Crippen molar-refractivity contribution >= 4 is 23.4 Å². The zero-order valence-corrected chi connectivity index (χ0v) is 16.7. The van der Waals surface area contributed by atoms with E-state index >= 15 is 0 Å². The second-order valence-corrected chi connectivity index (χ2v) is 7.87. The number of carbonyl (C=O) groups is 1. The molecule has 146 valence electrons. The highest BCUT2D eigenvalue weighted by atomic mass is 32.2. The Morgan fingerprint density at radius 2 is 1.93 bits per heavy atom. The first-order valence-electron chi connectivity index (χ1n) is 9.60. The van der Waals surface area contributed by atoms with Crippen molar-refractivity contribution in [1.82, 2.24) is 10.2 Å². The van der Waals surface area contributed by atoms with Gasteiger partial charge in [0, 0.05) is 11.7 Å². The van der Waals surface area contributed by atoms with Crippen LogP contribution in [0.3, 0.4) is 0 Å². The predicted octanol–water partition coefficient (Wildman–Crippen LogP) is 5.10. The highest BCUT2D eigenvalue weighted by Crippen LogP contribution is 2.30. The number of aromatic nitrogens is 2. The van der Waals surface area contributed by atoms with E-state index in [1.165, 1.54) is 31.0 Å². The van der Waals surface area contributed by atoms with Crippen LogP contribution in [0.5, 0.6) is 0 Å². The second-order valence-electron chi connectivity index (χ2n) is 6.94. The fraction of sp³-hybridized carbons (Fsp3) is 0.381. The SMILES string of the molecule is Cc1occc1-c1nnc(SCC(=O)N(c2ccccc2)C2CCCCC2)o1. The summed E-state index contributed by atoms with van der Waals surface area (Å²) in [5.41, 5.74) is 1.74. The number of hydrogen-bond donors (Lipinski definition) is 0. The van der Waals surface area contributed by atoms with Crippen molar-refractivity contribution in [2.45, 2.75) is 50.3 Å². The van der Waals surface area contributed by atoms with Gasteiger partial charge in [-0.25, -0.2) is 0 Å². The Morgan fingerprint density at radius 1 is 1.14 bits per heavy atom. The summed E-state index contributed by atoms with van der Waals surface area (Å²) in [4.78, 5) is 15.1. The lowest BCUT2D eigenvalue weighted by molar-refractivity contribution is -0.116. The third kappa shape index (κ3) is 4.14. The number of amides is 1. The van der Waals surface area contributed by atoms with Gasteiger partial charge in [0.1, 0.15) is 5.76 Å². The maximum atomic E-state index is 13.1. The van der Waals surface area contributed by atoms with Crippen molar-refractivity contribution in [3.63, 3.8) is 0 Å². The minimum absolute atomic E-state index is 0.0716. The largest absolute Gasteiger partial charge is 0.469 e. The number of aryl methyl sites for hydroxylation is 1. The molecule has 6 nitrogen and oxygen atoms in total. The van der Waals surface area contributed by atoms with Crippen LogP contribution >= 0.6 is 11.8 Å². The molecule has 4 rings (SSSR count). The van der Waals surface area contributed by atoms with E-state index < -0.39 is 0 Å². The number of nitrogens with zero attached hydrogens (tertiary/aromatic N) is 3. The van der Waals surface area contributed by atoms with Gasteiger partial charge < -0.3 is 13.7 Å². The molecule has 28 heavy (non-hydrogen) atoms. The molecule has 0 unspecified atom stereocenters. The molecule has 0 atom stereocenters. The number of para-hydroxylation sites is 1. The number of thioether (sulfide) groups is 1. The summed E-state index contributed by atoms with van der Waals surface area (Å²) >= 11 is 1.28. The van der Waals surface area contributed by atoms with Gasteiger partial charge in [-0.3, -0.25) is 4.79 Å². The zero-order valence-electron chi connectivity index (χ0n) is 15.8. The first-order valence-corrected chi connectivity index (χ1v) is 10.6. The van der Waals surface area contributed by atoms with Gasteiger partial charge in [-0.2, -0.15) is 0 Å². The van der Waals surface area contributed by atoms with E-state index in [4.69, 9.17) is 8.83 Å². The van der Waals surface area contributed by atoms with Gasteiger partial charge in [0.25, 0.3) is 11.1 Å². The Labute approximate surface area is 168 Å². The molecule has 2 heterocycles. The normalized spacial score (nSPS) is 14.9. The Bertz CT molecular complexity index is 916. The topological polar surface area (TPSA) is 72.4 Å². The van der Waals surface area contributed by atoms with Crippen molar-refractivity contribution in [3.8, 4) is 11.5 Å². The molecule has 1 aliphatic rings. The summed E-state index contributed by atoms with van der Waals surface area (Å²) in [6, 6.07) is 12.0. The van der Waals surface area contributed by atoms with E-state index in [1.54, 1.807) is 12.3 Å². The van der Waals surface area contributed by atoms with Crippen molar-refractivity contribution in [3.05, 3.63) is 48.4 Å². The van der Waals surface area contributed by atoms with E-state index in [0.29, 0.717) is 11.1 Å². The van der Waals surface area contributed by atoms with Crippen LogP contribution in [0.4, 0.5) is 5.69 Å². The summed E-state index contributed by atoms with van der Waals surface area (Å²) in [6.07, 6.45) is 7.29. The highest BCUT2D eigenvalue weighted by Gasteiger charge is 2.27. The number of carbonyl (C=O) groups excluding carboxylic acids is 1. The Morgan fingerprint density at radius 3 is 2.64 bits per heavy atom. The average molecular weight is 398 g/mol. The lowest BCUT2D eigenvalue weighted by Gasteiger charge is -2.34. The van der Waals surface area contributed by atoms with Crippen molar-refractivity contribution in [2.75, 3.05) is 10.7 Å². The summed E-state index contributed by atoms with van der Waals surface area (Å²) in [5, 5.41) is 8.52. The standard InChI is InChI=1S/C21H23N3O3S/c1-15-18(12-13-26-15)20-22-23-21(27-20)28-14-19(25)24(16-8-4-2-5-9-16)17-10-6-3-7-11-17/h2,4-5,8-9,12-13,17H,3,6-7,10-11,14H2,1H3. The van der Waals surface area contributed by atoms with Crippen molar-refractivity contribution < 1.29 is 13.6 Å². The third-order valence-corrected chi connectivity index (χ3v) is 5.86. The fourth-order valence-corrected chi connectivity index (χ4v) is 4.29. The molecule has 2 aromatic heterocycles. The monoisotopic (exact) mass is 397 g/mol. The van der Waals surface area contributed by atoms with Crippen LogP contribution in [0.1, 0.15) is 37.9 Å². The summed E-state index contributed by atoms with van der Waals surface area (Å²) in [6.45, 7) is 1.85. The first-order chi connectivity index (χ1) is 13.7. The molecule has 0 radical (unpaired) electrons. The van der Waals surface area contributed by atoms with Crippen LogP contribution < -0.4 is 4.90 Å². The Kier molecular flexibility index (Phi) is 5.81. The fourth-order valence-electron chi connectivity index (χ4n) is 3.66. The third-order valence-electron chi connectivity index (χ3n) is 5.06. The van der Waals surface area contributed by atoms with E-state index in [1.807, 2.05) is 42.2 Å². The van der Waals surface area contributed by atoms with Gasteiger partial charge in [0.2, 0.25) is 5.91 Å². The summed E-state index contributed by atoms with van der Waals surface area (Å²) in [5.74, 6) is 1.47. The van der Waals surface area contributed by atoms with Gasteiger partial charge in [0.15, 0.2) is 0 Å². The second kappa shape index (κ2) is 8.65. The Balaban J connectivity index is 1.46. The molecule has 7 heteroatoms. The molecule has 1 saturated carbocycles. The number of anilines is 1. The molecule has 1 amide bonds. The van der Waals surface area contributed by atoms with Gasteiger partial charge in [-0.05, 0) is 38.0 Å². The van der Waals surface area contributed by atoms with Gasteiger partial charge in [-0.15, -0.1) is 10.2 Å². The van der Waals surface area contributed by atoms with E-state index in [-0.39, 0.29) is 17.7 Å². The van der Waals surface area contributed by atoms with Crippen LogP contribution in [0.15, 0.2) is 56.7 Å². The molecule has 1 aliphatic carbocycles. The van der Waals surface area contributed by atoms with E-state index in [9.17, 15) is 4.79 Å². The maximum Gasteiger partial charge on any atom is 0.277 e. The molecular formula is C21H23N3O3S. The molecule has 1 fully saturated rings. The molecule has 0 spiro atoms. The van der Waals surface area contributed by atoms with Gasteiger partial charge in [0.05, 0.1) is 17.6 Å². The van der Waals surface area contributed by atoms with Crippen LogP contribution in [-0.4, -0.2) is 27.9 Å². The average Bonchev–Trinajstić information content (AvgIpc) is 3.37. The molecule has 0 saturated heterocycles. The minimum Gasteiger partial charge on any atom is -0.469 e. The molecule has 1 aromatic carbocycles. The molecule has 3 aromatic rings. The number of hydrogen-bond acceptors (Lipinski definition) is 6. The molecule has 0 aliphatic heterocycles. The summed E-state index contributed by atoms with van der Waals surface area (Å²) in [7, 11) is 0. The number of furan rings is 1. The number of rotatable bonds is 6.